The summed E-state index contributed by atoms with van der Waals surface area (Å²) in [6.45, 7) is 0. The van der Waals surface area contributed by atoms with E-state index in [9.17, 15) is 5.11 Å². The van der Waals surface area contributed by atoms with Crippen LogP contribution in [0, 0.1) is 5.92 Å². The second kappa shape index (κ2) is 3.31. The van der Waals surface area contributed by atoms with Crippen molar-refractivity contribution in [3.8, 4) is 0 Å². The number of hydrogen-bond acceptors (Lipinski definition) is 2. The molecule has 1 heterocycles. The second-order valence-electron chi connectivity index (χ2n) is 5.12. The highest BCUT2D eigenvalue weighted by Crippen LogP contribution is 2.52. The average molecular weight is 203 g/mol. The molecule has 1 aromatic rings. The normalized spacial score (nSPS) is 39.3. The van der Waals surface area contributed by atoms with Gasteiger partial charge >= 0.3 is 0 Å². The highest BCUT2D eigenvalue weighted by molar-refractivity contribution is 5.23. The first-order chi connectivity index (χ1) is 7.28. The number of aliphatic hydroxyl groups is 1. The molecule has 0 radical (unpaired) electrons. The van der Waals surface area contributed by atoms with Crippen molar-refractivity contribution in [1.82, 2.24) is 4.98 Å². The van der Waals surface area contributed by atoms with E-state index in [2.05, 4.69) is 17.1 Å². The number of aromatic nitrogens is 1. The van der Waals surface area contributed by atoms with E-state index in [1.807, 2.05) is 12.4 Å². The molecule has 2 bridgehead atoms. The summed E-state index contributed by atoms with van der Waals surface area (Å²) in [4.78, 5) is 4.04. The summed E-state index contributed by atoms with van der Waals surface area (Å²) in [7, 11) is 0. The molecule has 3 aliphatic rings. The molecule has 2 heteroatoms. The molecule has 3 saturated carbocycles. The Morgan fingerprint density at radius 3 is 2.47 bits per heavy atom. The van der Waals surface area contributed by atoms with Crippen LogP contribution in [-0.4, -0.2) is 15.7 Å². The molecule has 0 aromatic carbocycles. The first kappa shape index (κ1) is 9.34. The molecule has 0 amide bonds. The van der Waals surface area contributed by atoms with Crippen molar-refractivity contribution >= 4 is 0 Å². The van der Waals surface area contributed by atoms with Gasteiger partial charge in [0.25, 0.3) is 0 Å². The van der Waals surface area contributed by atoms with Crippen LogP contribution in [-0.2, 0) is 0 Å². The van der Waals surface area contributed by atoms with E-state index in [1.165, 1.54) is 24.8 Å². The summed E-state index contributed by atoms with van der Waals surface area (Å²) in [5, 5.41) is 10.6. The summed E-state index contributed by atoms with van der Waals surface area (Å²) >= 11 is 0. The highest BCUT2D eigenvalue weighted by Gasteiger charge is 2.46. The average Bonchev–Trinajstić information content (AvgIpc) is 2.30. The van der Waals surface area contributed by atoms with Crippen molar-refractivity contribution in [3.63, 3.8) is 0 Å². The fraction of sp³-hybridized carbons (Fsp3) is 0.615. The van der Waals surface area contributed by atoms with Crippen LogP contribution in [0.4, 0.5) is 0 Å². The number of pyridine rings is 1. The van der Waals surface area contributed by atoms with E-state index >= 15 is 0 Å². The molecule has 80 valence electrons. The molecule has 4 rings (SSSR count). The molecule has 3 aliphatic carbocycles. The van der Waals surface area contributed by atoms with Crippen molar-refractivity contribution < 1.29 is 5.11 Å². The van der Waals surface area contributed by atoms with Crippen LogP contribution in [0.5, 0.6) is 0 Å². The minimum absolute atomic E-state index is 0.355. The van der Waals surface area contributed by atoms with Crippen LogP contribution in [0.2, 0.25) is 0 Å². The third-order valence-electron chi connectivity index (χ3n) is 4.30. The van der Waals surface area contributed by atoms with Crippen LogP contribution < -0.4 is 0 Å². The quantitative estimate of drug-likeness (QED) is 0.760. The third kappa shape index (κ3) is 1.48. The van der Waals surface area contributed by atoms with E-state index in [0.717, 1.165) is 18.8 Å². The van der Waals surface area contributed by atoms with Gasteiger partial charge in [-0.3, -0.25) is 4.98 Å². The molecule has 0 spiro atoms. The molecular weight excluding hydrogens is 186 g/mol. The molecule has 3 fully saturated rings. The summed E-state index contributed by atoms with van der Waals surface area (Å²) < 4.78 is 0. The largest absolute Gasteiger partial charge is 0.389 e. The predicted octanol–water partition coefficient (Wildman–Crippen LogP) is 2.49. The van der Waals surface area contributed by atoms with Gasteiger partial charge in [-0.2, -0.15) is 0 Å². The van der Waals surface area contributed by atoms with Gasteiger partial charge in [-0.05, 0) is 55.7 Å². The topological polar surface area (TPSA) is 33.1 Å². The highest BCUT2D eigenvalue weighted by atomic mass is 16.3. The molecule has 1 aromatic heterocycles. The van der Waals surface area contributed by atoms with E-state index < -0.39 is 5.60 Å². The van der Waals surface area contributed by atoms with Crippen molar-refractivity contribution in [2.45, 2.75) is 43.6 Å². The van der Waals surface area contributed by atoms with Gasteiger partial charge in [0.1, 0.15) is 0 Å². The smallest absolute Gasteiger partial charge is 0.0716 e. The van der Waals surface area contributed by atoms with Gasteiger partial charge < -0.3 is 5.11 Å². The van der Waals surface area contributed by atoms with Crippen LogP contribution in [0.15, 0.2) is 24.5 Å². The molecule has 0 saturated heterocycles. The first-order valence-electron chi connectivity index (χ1n) is 5.90. The SMILES string of the molecule is OC12CCC(CC1)CC2c1ccncc1. The Labute approximate surface area is 90.4 Å². The Kier molecular flexibility index (Phi) is 2.06. The Balaban J connectivity index is 1.94. The fourth-order valence-electron chi connectivity index (χ4n) is 3.36. The molecule has 1 unspecified atom stereocenters. The summed E-state index contributed by atoms with van der Waals surface area (Å²) in [5.74, 6) is 1.20. The molecule has 0 aliphatic heterocycles. The number of rotatable bonds is 1. The Morgan fingerprint density at radius 1 is 1.20 bits per heavy atom. The standard InChI is InChI=1S/C13H17NO/c15-13-5-1-10(2-6-13)9-12(13)11-3-7-14-8-4-11/h3-4,7-8,10,12,15H,1-2,5-6,9H2. The van der Waals surface area contributed by atoms with Gasteiger partial charge in [-0.1, -0.05) is 0 Å². The van der Waals surface area contributed by atoms with Crippen molar-refractivity contribution in [3.05, 3.63) is 30.1 Å². The maximum Gasteiger partial charge on any atom is 0.0716 e. The lowest BCUT2D eigenvalue weighted by molar-refractivity contribution is -0.0742. The van der Waals surface area contributed by atoms with Gasteiger partial charge in [0.05, 0.1) is 5.60 Å². The van der Waals surface area contributed by atoms with Gasteiger partial charge in [0, 0.05) is 18.3 Å². The van der Waals surface area contributed by atoms with Crippen molar-refractivity contribution in [2.75, 3.05) is 0 Å². The summed E-state index contributed by atoms with van der Waals surface area (Å²) in [6, 6.07) is 4.12. The lowest BCUT2D eigenvalue weighted by atomic mass is 9.60. The summed E-state index contributed by atoms with van der Waals surface area (Å²) in [5.41, 5.74) is 0.854. The van der Waals surface area contributed by atoms with Gasteiger partial charge in [0.15, 0.2) is 0 Å². The number of nitrogens with zero attached hydrogens (tertiary/aromatic N) is 1. The monoisotopic (exact) mass is 203 g/mol. The molecule has 15 heavy (non-hydrogen) atoms. The van der Waals surface area contributed by atoms with Gasteiger partial charge in [-0.25, -0.2) is 0 Å². The Morgan fingerprint density at radius 2 is 1.87 bits per heavy atom. The molecule has 1 N–H and O–H groups in total. The van der Waals surface area contributed by atoms with E-state index in [1.54, 1.807) is 0 Å². The van der Waals surface area contributed by atoms with Crippen LogP contribution in [0.3, 0.4) is 0 Å². The maximum atomic E-state index is 10.6. The third-order valence-corrected chi connectivity index (χ3v) is 4.30. The lowest BCUT2D eigenvalue weighted by Gasteiger charge is -2.49. The Bertz CT molecular complexity index is 341. The maximum absolute atomic E-state index is 10.6. The zero-order chi connectivity index (χ0) is 10.3. The second-order valence-corrected chi connectivity index (χ2v) is 5.12. The molecule has 1 atom stereocenters. The number of fused-ring (bicyclic) bond motifs is 3. The minimum Gasteiger partial charge on any atom is -0.389 e. The lowest BCUT2D eigenvalue weighted by Crippen LogP contribution is -2.46. The van der Waals surface area contributed by atoms with Crippen LogP contribution in [0.1, 0.15) is 43.6 Å². The van der Waals surface area contributed by atoms with Crippen molar-refractivity contribution in [1.29, 1.82) is 0 Å². The first-order valence-corrected chi connectivity index (χ1v) is 5.90. The van der Waals surface area contributed by atoms with Gasteiger partial charge in [-0.15, -0.1) is 0 Å². The zero-order valence-corrected chi connectivity index (χ0v) is 8.89. The molecule has 2 nitrogen and oxygen atoms in total. The Hall–Kier alpha value is -0.890. The zero-order valence-electron chi connectivity index (χ0n) is 8.89. The number of hydrogen-bond donors (Lipinski definition) is 1. The fourth-order valence-corrected chi connectivity index (χ4v) is 3.36. The van der Waals surface area contributed by atoms with E-state index in [0.29, 0.717) is 5.92 Å². The van der Waals surface area contributed by atoms with Crippen molar-refractivity contribution in [2.24, 2.45) is 5.92 Å². The van der Waals surface area contributed by atoms with Gasteiger partial charge in [0.2, 0.25) is 0 Å². The van der Waals surface area contributed by atoms with Crippen LogP contribution >= 0.6 is 0 Å². The summed E-state index contributed by atoms with van der Waals surface area (Å²) in [6.07, 6.45) is 9.26. The van der Waals surface area contributed by atoms with E-state index in [4.69, 9.17) is 0 Å². The molecular formula is C13H17NO. The van der Waals surface area contributed by atoms with Crippen LogP contribution in [0.25, 0.3) is 0 Å². The minimum atomic E-state index is -0.421. The van der Waals surface area contributed by atoms with E-state index in [-0.39, 0.29) is 0 Å². The predicted molar refractivity (Wildman–Crippen MR) is 58.5 cm³/mol.